The first-order valence-electron chi connectivity index (χ1n) is 9.11. The molecule has 2 fully saturated rings. The van der Waals surface area contributed by atoms with E-state index in [4.69, 9.17) is 0 Å². The third kappa shape index (κ3) is 4.31. The predicted octanol–water partition coefficient (Wildman–Crippen LogP) is 1.58. The summed E-state index contributed by atoms with van der Waals surface area (Å²) in [5.74, 6) is -0.756. The third-order valence-corrected chi connectivity index (χ3v) is 5.24. The number of likely N-dealkylation sites (tertiary alicyclic amines) is 1. The quantitative estimate of drug-likeness (QED) is 0.898. The maximum atomic E-state index is 12.6. The third-order valence-electron chi connectivity index (χ3n) is 5.24. The molecule has 136 valence electrons. The number of aryl methyl sites for hydroxylation is 1. The molecular weight excluding hydrogens is 318 g/mol. The van der Waals surface area contributed by atoms with E-state index in [1.165, 1.54) is 11.3 Å². The second-order valence-corrected chi connectivity index (χ2v) is 7.03. The van der Waals surface area contributed by atoms with E-state index in [0.29, 0.717) is 26.1 Å². The van der Waals surface area contributed by atoms with Crippen molar-refractivity contribution in [2.45, 2.75) is 32.2 Å². The van der Waals surface area contributed by atoms with E-state index >= 15 is 0 Å². The molecule has 2 aliphatic heterocycles. The van der Waals surface area contributed by atoms with E-state index in [9.17, 15) is 14.7 Å². The summed E-state index contributed by atoms with van der Waals surface area (Å²) in [5.41, 5.74) is 2.44. The number of hydrogen-bond donors (Lipinski definition) is 1. The predicted molar refractivity (Wildman–Crippen MR) is 96.8 cm³/mol. The highest BCUT2D eigenvalue weighted by atomic mass is 16.4. The number of carboxylic acids is 1. The summed E-state index contributed by atoms with van der Waals surface area (Å²) in [6, 6.07) is 7.91. The molecule has 25 heavy (non-hydrogen) atoms. The van der Waals surface area contributed by atoms with Crippen LogP contribution < -0.4 is 4.90 Å². The average molecular weight is 345 g/mol. The lowest BCUT2D eigenvalue weighted by atomic mass is 10.0. The Kier molecular flexibility index (Phi) is 5.58. The number of piperazine rings is 1. The standard InChI is InChI=1S/C19H27N3O3/c1-15-5-4-6-16(13-15)20-9-11-21(12-10-20)18(23)14-22-8-3-2-7-17(22)19(24)25/h4-6,13,17H,2-3,7-12,14H2,1H3,(H,24,25). The van der Waals surface area contributed by atoms with Crippen molar-refractivity contribution < 1.29 is 14.7 Å². The topological polar surface area (TPSA) is 64.1 Å². The SMILES string of the molecule is Cc1cccc(N2CCN(C(=O)CN3CCCCC3C(=O)O)CC2)c1. The van der Waals surface area contributed by atoms with Gasteiger partial charge in [-0.3, -0.25) is 14.5 Å². The molecule has 1 unspecified atom stereocenters. The molecule has 1 N–H and O–H groups in total. The second kappa shape index (κ2) is 7.87. The lowest BCUT2D eigenvalue weighted by Gasteiger charge is -2.38. The summed E-state index contributed by atoms with van der Waals surface area (Å²) in [6.45, 7) is 6.03. The zero-order valence-corrected chi connectivity index (χ0v) is 14.9. The fourth-order valence-corrected chi connectivity index (χ4v) is 3.77. The zero-order chi connectivity index (χ0) is 17.8. The Morgan fingerprint density at radius 3 is 2.56 bits per heavy atom. The van der Waals surface area contributed by atoms with Crippen LogP contribution in [0.3, 0.4) is 0 Å². The maximum absolute atomic E-state index is 12.6. The van der Waals surface area contributed by atoms with Crippen LogP contribution in [0.5, 0.6) is 0 Å². The average Bonchev–Trinajstić information content (AvgIpc) is 2.62. The van der Waals surface area contributed by atoms with Crippen molar-refractivity contribution in [3.8, 4) is 0 Å². The van der Waals surface area contributed by atoms with E-state index in [2.05, 4.69) is 36.1 Å². The van der Waals surface area contributed by atoms with Crippen molar-refractivity contribution in [1.82, 2.24) is 9.80 Å². The molecule has 0 saturated carbocycles. The molecule has 2 aliphatic rings. The molecule has 0 radical (unpaired) electrons. The van der Waals surface area contributed by atoms with Gasteiger partial charge >= 0.3 is 5.97 Å². The Balaban J connectivity index is 1.53. The van der Waals surface area contributed by atoms with E-state index in [1.54, 1.807) is 0 Å². The van der Waals surface area contributed by atoms with Crippen molar-refractivity contribution in [2.24, 2.45) is 0 Å². The Morgan fingerprint density at radius 1 is 1.12 bits per heavy atom. The highest BCUT2D eigenvalue weighted by Crippen LogP contribution is 2.19. The van der Waals surface area contributed by atoms with Gasteiger partial charge in [0.1, 0.15) is 6.04 Å². The van der Waals surface area contributed by atoms with Gasteiger partial charge in [-0.1, -0.05) is 18.6 Å². The molecule has 2 heterocycles. The zero-order valence-electron chi connectivity index (χ0n) is 14.9. The van der Waals surface area contributed by atoms with Crippen LogP contribution in [0.2, 0.25) is 0 Å². The van der Waals surface area contributed by atoms with Gasteiger partial charge in [-0.25, -0.2) is 0 Å². The van der Waals surface area contributed by atoms with E-state index in [0.717, 1.165) is 25.9 Å². The van der Waals surface area contributed by atoms with Gasteiger partial charge in [0.25, 0.3) is 0 Å². The van der Waals surface area contributed by atoms with Crippen LogP contribution in [0.25, 0.3) is 0 Å². The number of nitrogens with zero attached hydrogens (tertiary/aromatic N) is 3. The molecule has 6 nitrogen and oxygen atoms in total. The lowest BCUT2D eigenvalue weighted by Crippen LogP contribution is -2.54. The number of hydrogen-bond acceptors (Lipinski definition) is 4. The van der Waals surface area contributed by atoms with Gasteiger partial charge in [0, 0.05) is 31.9 Å². The van der Waals surface area contributed by atoms with Gasteiger partial charge in [0.15, 0.2) is 0 Å². The Morgan fingerprint density at radius 2 is 1.88 bits per heavy atom. The highest BCUT2D eigenvalue weighted by Gasteiger charge is 2.31. The van der Waals surface area contributed by atoms with Crippen molar-refractivity contribution in [2.75, 3.05) is 44.2 Å². The van der Waals surface area contributed by atoms with Crippen molar-refractivity contribution >= 4 is 17.6 Å². The fourth-order valence-electron chi connectivity index (χ4n) is 3.77. The minimum Gasteiger partial charge on any atom is -0.480 e. The molecule has 0 aromatic heterocycles. The van der Waals surface area contributed by atoms with E-state index in [-0.39, 0.29) is 12.5 Å². The van der Waals surface area contributed by atoms with Crippen molar-refractivity contribution in [3.05, 3.63) is 29.8 Å². The van der Waals surface area contributed by atoms with Crippen LogP contribution in [-0.2, 0) is 9.59 Å². The van der Waals surface area contributed by atoms with Gasteiger partial charge in [0.05, 0.1) is 6.54 Å². The monoisotopic (exact) mass is 345 g/mol. The first-order chi connectivity index (χ1) is 12.0. The number of amides is 1. The molecule has 1 aromatic carbocycles. The minimum absolute atomic E-state index is 0.0528. The molecule has 3 rings (SSSR count). The first kappa shape index (κ1) is 17.7. The number of rotatable bonds is 4. The van der Waals surface area contributed by atoms with Crippen LogP contribution in [0, 0.1) is 6.92 Å². The van der Waals surface area contributed by atoms with Gasteiger partial charge in [0.2, 0.25) is 5.91 Å². The molecule has 6 heteroatoms. The molecule has 1 atom stereocenters. The minimum atomic E-state index is -0.809. The van der Waals surface area contributed by atoms with Crippen molar-refractivity contribution in [1.29, 1.82) is 0 Å². The van der Waals surface area contributed by atoms with Crippen LogP contribution in [0.4, 0.5) is 5.69 Å². The van der Waals surface area contributed by atoms with Gasteiger partial charge in [-0.2, -0.15) is 0 Å². The number of anilines is 1. The molecule has 1 amide bonds. The second-order valence-electron chi connectivity index (χ2n) is 7.03. The van der Waals surface area contributed by atoms with Crippen LogP contribution in [0.1, 0.15) is 24.8 Å². The summed E-state index contributed by atoms with van der Waals surface area (Å²) in [5, 5.41) is 9.34. The number of piperidine rings is 1. The molecule has 0 spiro atoms. The summed E-state index contributed by atoms with van der Waals surface area (Å²) in [4.78, 5) is 30.0. The Labute approximate surface area is 149 Å². The normalized spacial score (nSPS) is 22.0. The molecule has 1 aromatic rings. The van der Waals surface area contributed by atoms with Crippen LogP contribution in [-0.4, -0.2) is 72.1 Å². The smallest absolute Gasteiger partial charge is 0.320 e. The fraction of sp³-hybridized carbons (Fsp3) is 0.579. The van der Waals surface area contributed by atoms with Gasteiger partial charge in [-0.05, 0) is 44.0 Å². The maximum Gasteiger partial charge on any atom is 0.320 e. The number of carboxylic acid groups (broad SMARTS) is 1. The number of carbonyl (C=O) groups excluding carboxylic acids is 1. The lowest BCUT2D eigenvalue weighted by molar-refractivity contribution is -0.146. The Hall–Kier alpha value is -2.08. The highest BCUT2D eigenvalue weighted by molar-refractivity contribution is 5.80. The largest absolute Gasteiger partial charge is 0.480 e. The summed E-state index contributed by atoms with van der Waals surface area (Å²) >= 11 is 0. The molecule has 2 saturated heterocycles. The molecule has 0 bridgehead atoms. The number of benzene rings is 1. The summed E-state index contributed by atoms with van der Waals surface area (Å²) in [6.07, 6.45) is 2.54. The van der Waals surface area contributed by atoms with Gasteiger partial charge in [-0.15, -0.1) is 0 Å². The van der Waals surface area contributed by atoms with Crippen LogP contribution in [0.15, 0.2) is 24.3 Å². The van der Waals surface area contributed by atoms with Gasteiger partial charge < -0.3 is 14.9 Å². The number of carbonyl (C=O) groups is 2. The molecule has 0 aliphatic carbocycles. The summed E-state index contributed by atoms with van der Waals surface area (Å²) in [7, 11) is 0. The van der Waals surface area contributed by atoms with E-state index < -0.39 is 12.0 Å². The van der Waals surface area contributed by atoms with Crippen molar-refractivity contribution in [3.63, 3.8) is 0 Å². The summed E-state index contributed by atoms with van der Waals surface area (Å²) < 4.78 is 0. The Bertz CT molecular complexity index is 626. The first-order valence-corrected chi connectivity index (χ1v) is 9.11. The number of aliphatic carboxylic acids is 1. The molecular formula is C19H27N3O3. The van der Waals surface area contributed by atoms with E-state index in [1.807, 2.05) is 9.80 Å². The van der Waals surface area contributed by atoms with Crippen LogP contribution >= 0.6 is 0 Å².